The van der Waals surface area contributed by atoms with Crippen molar-refractivity contribution in [3.8, 4) is 0 Å². The number of rotatable bonds is 5. The minimum Gasteiger partial charge on any atom is -0.395 e. The molecule has 84 valence electrons. The molecule has 1 rings (SSSR count). The molecule has 1 aromatic rings. The van der Waals surface area contributed by atoms with Gasteiger partial charge in [-0.25, -0.2) is 4.39 Å². The summed E-state index contributed by atoms with van der Waals surface area (Å²) in [6, 6.07) is 4.83. The van der Waals surface area contributed by atoms with E-state index in [1.54, 1.807) is 12.1 Å². The zero-order chi connectivity index (χ0) is 11.3. The third-order valence-electron chi connectivity index (χ3n) is 2.33. The molecule has 0 atom stereocenters. The Morgan fingerprint density at radius 3 is 2.80 bits per heavy atom. The molecule has 0 aliphatic rings. The predicted molar refractivity (Wildman–Crippen MR) is 63.4 cm³/mol. The summed E-state index contributed by atoms with van der Waals surface area (Å²) < 4.78 is 13.1. The second-order valence-corrected chi connectivity index (χ2v) is 4.16. The number of hydrogen-bond donors (Lipinski definition) is 2. The van der Waals surface area contributed by atoms with Crippen LogP contribution >= 0.6 is 0 Å². The number of nitrogens with one attached hydrogen (secondary N) is 1. The molecule has 0 heterocycles. The third kappa shape index (κ3) is 3.78. The number of nitrogens with two attached hydrogens (primary N) is 1. The maximum atomic E-state index is 13.1. The van der Waals surface area contributed by atoms with E-state index in [2.05, 4.69) is 19.2 Å². The highest BCUT2D eigenvalue weighted by Gasteiger charge is 2.03. The van der Waals surface area contributed by atoms with E-state index in [1.165, 1.54) is 12.5 Å². The molecule has 3 heteroatoms. The highest BCUT2D eigenvalue weighted by molar-refractivity contribution is 5.66. The van der Waals surface area contributed by atoms with Gasteiger partial charge in [-0.05, 0) is 30.9 Å². The van der Waals surface area contributed by atoms with Gasteiger partial charge in [0.15, 0.2) is 0 Å². The van der Waals surface area contributed by atoms with E-state index >= 15 is 0 Å². The van der Waals surface area contributed by atoms with Gasteiger partial charge in [-0.1, -0.05) is 19.9 Å². The van der Waals surface area contributed by atoms with Crippen LogP contribution in [0.15, 0.2) is 18.2 Å². The lowest BCUT2D eigenvalue weighted by Gasteiger charge is -2.10. The second kappa shape index (κ2) is 5.59. The summed E-state index contributed by atoms with van der Waals surface area (Å²) in [6.45, 7) is 5.22. The van der Waals surface area contributed by atoms with Gasteiger partial charge in [0.25, 0.3) is 0 Å². The summed E-state index contributed by atoms with van der Waals surface area (Å²) in [6.07, 6.45) is 2.25. The minimum absolute atomic E-state index is 0.210. The number of anilines is 2. The quantitative estimate of drug-likeness (QED) is 0.578. The van der Waals surface area contributed by atoms with Crippen LogP contribution in [0.25, 0.3) is 0 Å². The highest BCUT2D eigenvalue weighted by Crippen LogP contribution is 2.21. The van der Waals surface area contributed by atoms with Gasteiger partial charge in [0.1, 0.15) is 5.82 Å². The first-order valence-electron chi connectivity index (χ1n) is 5.39. The lowest BCUT2D eigenvalue weighted by atomic mass is 10.1. The van der Waals surface area contributed by atoms with Gasteiger partial charge in [0.05, 0.1) is 11.4 Å². The van der Waals surface area contributed by atoms with Crippen LogP contribution in [0, 0.1) is 11.7 Å². The Labute approximate surface area is 90.7 Å². The van der Waals surface area contributed by atoms with E-state index in [0.29, 0.717) is 11.6 Å². The topological polar surface area (TPSA) is 38.0 Å². The van der Waals surface area contributed by atoms with Crippen LogP contribution in [0.2, 0.25) is 0 Å². The van der Waals surface area contributed by atoms with Crippen LogP contribution in [-0.2, 0) is 0 Å². The van der Waals surface area contributed by atoms with Crippen molar-refractivity contribution in [1.29, 1.82) is 0 Å². The van der Waals surface area contributed by atoms with Crippen LogP contribution in [0.4, 0.5) is 15.8 Å². The Hall–Kier alpha value is -1.25. The summed E-state index contributed by atoms with van der Waals surface area (Å²) >= 11 is 0. The summed E-state index contributed by atoms with van der Waals surface area (Å²) in [5.74, 6) is 0.348. The first-order valence-corrected chi connectivity index (χ1v) is 5.39. The number of benzene rings is 1. The fourth-order valence-corrected chi connectivity index (χ4v) is 1.42. The Morgan fingerprint density at radius 2 is 2.13 bits per heavy atom. The van der Waals surface area contributed by atoms with Crippen molar-refractivity contribution in [3.05, 3.63) is 24.0 Å². The molecule has 0 amide bonds. The second-order valence-electron chi connectivity index (χ2n) is 4.16. The van der Waals surface area contributed by atoms with Crippen molar-refractivity contribution in [2.45, 2.75) is 26.7 Å². The molecule has 0 aliphatic carbocycles. The lowest BCUT2D eigenvalue weighted by Crippen LogP contribution is -2.06. The largest absolute Gasteiger partial charge is 0.395 e. The predicted octanol–water partition coefficient (Wildman–Crippen LogP) is 3.26. The molecule has 3 N–H and O–H groups in total. The first-order chi connectivity index (χ1) is 7.11. The van der Waals surface area contributed by atoms with Crippen LogP contribution in [0.5, 0.6) is 0 Å². The molecule has 0 spiro atoms. The van der Waals surface area contributed by atoms with Gasteiger partial charge in [-0.15, -0.1) is 0 Å². The minimum atomic E-state index is -0.358. The fourth-order valence-electron chi connectivity index (χ4n) is 1.42. The van der Waals surface area contributed by atoms with Crippen molar-refractivity contribution in [1.82, 2.24) is 0 Å². The average molecular weight is 210 g/mol. The standard InChI is InChI=1S/C12H19FN2/c1-9(2)5-4-8-15-11-7-3-6-10(13)12(11)14/h3,6-7,9,15H,4-5,8,14H2,1-2H3. The normalized spacial score (nSPS) is 10.7. The van der Waals surface area contributed by atoms with E-state index in [4.69, 9.17) is 5.73 Å². The molecule has 0 aromatic heterocycles. The van der Waals surface area contributed by atoms with Crippen LogP contribution in [0.1, 0.15) is 26.7 Å². The van der Waals surface area contributed by atoms with Gasteiger partial charge in [0, 0.05) is 6.54 Å². The van der Waals surface area contributed by atoms with Crippen LogP contribution in [0.3, 0.4) is 0 Å². The summed E-state index contributed by atoms with van der Waals surface area (Å²) in [5.41, 5.74) is 6.49. The van der Waals surface area contributed by atoms with Gasteiger partial charge in [-0.3, -0.25) is 0 Å². The maximum absolute atomic E-state index is 13.1. The van der Waals surface area contributed by atoms with Gasteiger partial charge < -0.3 is 11.1 Å². The van der Waals surface area contributed by atoms with Crippen molar-refractivity contribution >= 4 is 11.4 Å². The molecule has 1 aromatic carbocycles. The fraction of sp³-hybridized carbons (Fsp3) is 0.500. The molecule has 15 heavy (non-hydrogen) atoms. The molecule has 0 saturated heterocycles. The van der Waals surface area contributed by atoms with Gasteiger partial charge in [-0.2, -0.15) is 0 Å². The molecule has 2 nitrogen and oxygen atoms in total. The summed E-state index contributed by atoms with van der Waals surface area (Å²) in [5, 5.41) is 3.14. The SMILES string of the molecule is CC(C)CCCNc1cccc(F)c1N. The summed E-state index contributed by atoms with van der Waals surface area (Å²) in [7, 11) is 0. The molecule has 0 fully saturated rings. The van der Waals surface area contributed by atoms with E-state index in [1.807, 2.05) is 0 Å². The Balaban J connectivity index is 2.41. The molecular weight excluding hydrogens is 191 g/mol. The zero-order valence-electron chi connectivity index (χ0n) is 9.39. The lowest BCUT2D eigenvalue weighted by molar-refractivity contribution is 0.567. The Kier molecular flexibility index (Phi) is 4.40. The van der Waals surface area contributed by atoms with Gasteiger partial charge >= 0.3 is 0 Å². The molecule has 0 saturated carbocycles. The van der Waals surface area contributed by atoms with E-state index < -0.39 is 0 Å². The molecule has 0 unspecified atom stereocenters. The molecule has 0 aliphatic heterocycles. The van der Waals surface area contributed by atoms with Gasteiger partial charge in [0.2, 0.25) is 0 Å². The molecule has 0 radical (unpaired) electrons. The number of halogens is 1. The highest BCUT2D eigenvalue weighted by atomic mass is 19.1. The summed E-state index contributed by atoms with van der Waals surface area (Å²) in [4.78, 5) is 0. The maximum Gasteiger partial charge on any atom is 0.148 e. The first kappa shape index (κ1) is 11.8. The molecular formula is C12H19FN2. The smallest absolute Gasteiger partial charge is 0.148 e. The monoisotopic (exact) mass is 210 g/mol. The Bertz CT molecular complexity index is 310. The van der Waals surface area contributed by atoms with Crippen molar-refractivity contribution in [3.63, 3.8) is 0 Å². The van der Waals surface area contributed by atoms with Crippen molar-refractivity contribution in [2.75, 3.05) is 17.6 Å². The zero-order valence-corrected chi connectivity index (χ0v) is 9.39. The van der Waals surface area contributed by atoms with Crippen molar-refractivity contribution < 1.29 is 4.39 Å². The van der Waals surface area contributed by atoms with E-state index in [0.717, 1.165) is 13.0 Å². The molecule has 0 bridgehead atoms. The van der Waals surface area contributed by atoms with Crippen LogP contribution in [-0.4, -0.2) is 6.54 Å². The third-order valence-corrected chi connectivity index (χ3v) is 2.33. The number of hydrogen-bond acceptors (Lipinski definition) is 2. The van der Waals surface area contributed by atoms with Crippen LogP contribution < -0.4 is 11.1 Å². The van der Waals surface area contributed by atoms with Crippen molar-refractivity contribution in [2.24, 2.45) is 5.92 Å². The number of para-hydroxylation sites is 1. The average Bonchev–Trinajstić information content (AvgIpc) is 2.18. The Morgan fingerprint density at radius 1 is 1.40 bits per heavy atom. The van der Waals surface area contributed by atoms with E-state index in [9.17, 15) is 4.39 Å². The number of nitrogen functional groups attached to an aromatic ring is 1. The van der Waals surface area contributed by atoms with E-state index in [-0.39, 0.29) is 11.5 Å².